The summed E-state index contributed by atoms with van der Waals surface area (Å²) in [6.07, 6.45) is 0. The molecule has 0 radical (unpaired) electrons. The lowest BCUT2D eigenvalue weighted by Gasteiger charge is -2.05. The van der Waals surface area contributed by atoms with Gasteiger partial charge in [-0.2, -0.15) is 0 Å². The highest BCUT2D eigenvalue weighted by atomic mass is 32.1. The lowest BCUT2D eigenvalue weighted by Crippen LogP contribution is -2.23. The van der Waals surface area contributed by atoms with E-state index in [2.05, 4.69) is 10.6 Å². The molecule has 2 aromatic rings. The van der Waals surface area contributed by atoms with E-state index < -0.39 is 23.8 Å². The number of hydrogen-bond acceptors (Lipinski definition) is 9. The number of carbonyl (C=O) groups is 4. The average Bonchev–Trinajstić information content (AvgIpc) is 3.24. The summed E-state index contributed by atoms with van der Waals surface area (Å²) >= 11 is 2.22. The number of anilines is 2. The smallest absolute Gasteiger partial charge is 0.348 e. The molecule has 11 heteroatoms. The summed E-state index contributed by atoms with van der Waals surface area (Å²) in [6.45, 7) is 6.79. The van der Waals surface area contributed by atoms with Crippen LogP contribution in [0.5, 0.6) is 0 Å². The van der Waals surface area contributed by atoms with Gasteiger partial charge in [0.2, 0.25) is 0 Å². The third kappa shape index (κ3) is 7.16. The van der Waals surface area contributed by atoms with Crippen LogP contribution in [0.3, 0.4) is 0 Å². The average molecular weight is 469 g/mol. The summed E-state index contributed by atoms with van der Waals surface area (Å²) in [5.41, 5.74) is 1.40. The number of rotatable bonds is 10. The monoisotopic (exact) mass is 468 g/mol. The van der Waals surface area contributed by atoms with E-state index in [1.165, 1.54) is 0 Å². The predicted molar refractivity (Wildman–Crippen MR) is 118 cm³/mol. The van der Waals surface area contributed by atoms with Crippen molar-refractivity contribution in [2.45, 2.75) is 27.7 Å². The van der Waals surface area contributed by atoms with Gasteiger partial charge in [0.15, 0.2) is 0 Å². The SMILES string of the molecule is CCOC(=O)c1sc(NC(=O)COCC(=O)Nc2cc(C)c(C(=O)OCC)s2)cc1C. The molecule has 0 aromatic carbocycles. The number of esters is 2. The van der Waals surface area contributed by atoms with Gasteiger partial charge in [-0.15, -0.1) is 22.7 Å². The molecule has 9 nitrogen and oxygen atoms in total. The highest BCUT2D eigenvalue weighted by Gasteiger charge is 2.17. The zero-order valence-corrected chi connectivity index (χ0v) is 19.3. The zero-order valence-electron chi connectivity index (χ0n) is 17.7. The Morgan fingerprint density at radius 3 is 1.52 bits per heavy atom. The normalized spacial score (nSPS) is 10.5. The molecule has 0 unspecified atom stereocenters. The molecule has 2 aromatic heterocycles. The molecule has 0 aliphatic rings. The van der Waals surface area contributed by atoms with Crippen LogP contribution in [-0.2, 0) is 23.8 Å². The summed E-state index contributed by atoms with van der Waals surface area (Å²) in [6, 6.07) is 3.34. The number of hydrogen-bond donors (Lipinski definition) is 2. The maximum absolute atomic E-state index is 12.0. The second kappa shape index (κ2) is 11.6. The number of nitrogens with one attached hydrogen (secondary N) is 2. The molecule has 0 atom stereocenters. The second-order valence-electron chi connectivity index (χ2n) is 6.28. The van der Waals surface area contributed by atoms with Crippen LogP contribution in [0.15, 0.2) is 12.1 Å². The van der Waals surface area contributed by atoms with E-state index in [0.717, 1.165) is 22.7 Å². The van der Waals surface area contributed by atoms with Gasteiger partial charge in [-0.3, -0.25) is 9.59 Å². The quantitative estimate of drug-likeness (QED) is 0.513. The van der Waals surface area contributed by atoms with Gasteiger partial charge in [0.05, 0.1) is 23.2 Å². The Hall–Kier alpha value is -2.76. The molecule has 2 heterocycles. The molecule has 31 heavy (non-hydrogen) atoms. The molecule has 0 fully saturated rings. The lowest BCUT2D eigenvalue weighted by atomic mass is 10.3. The first kappa shape index (κ1) is 24.5. The fourth-order valence-corrected chi connectivity index (χ4v) is 4.43. The van der Waals surface area contributed by atoms with E-state index in [-0.39, 0.29) is 26.4 Å². The molecular weight excluding hydrogens is 444 g/mol. The van der Waals surface area contributed by atoms with Crippen LogP contribution in [0.2, 0.25) is 0 Å². The molecular formula is C20H24N2O7S2. The summed E-state index contributed by atoms with van der Waals surface area (Å²) in [7, 11) is 0. The van der Waals surface area contributed by atoms with Gasteiger partial charge < -0.3 is 24.8 Å². The fourth-order valence-electron chi connectivity index (χ4n) is 2.47. The Bertz CT molecular complexity index is 889. The van der Waals surface area contributed by atoms with Crippen molar-refractivity contribution in [1.29, 1.82) is 0 Å². The van der Waals surface area contributed by atoms with Gasteiger partial charge in [0.1, 0.15) is 23.0 Å². The summed E-state index contributed by atoms with van der Waals surface area (Å²) in [5.74, 6) is -1.79. The standard InChI is InChI=1S/C20H24N2O7S2/c1-5-28-19(25)17-11(3)7-15(30-17)21-13(23)9-27-10-14(24)22-16-8-12(4)18(31-16)20(26)29-6-2/h7-8H,5-6,9-10H2,1-4H3,(H,21,23)(H,22,24). The number of aryl methyl sites for hydroxylation is 2. The van der Waals surface area contributed by atoms with Crippen molar-refractivity contribution in [2.24, 2.45) is 0 Å². The summed E-state index contributed by atoms with van der Waals surface area (Å²) < 4.78 is 15.1. The maximum atomic E-state index is 12.0. The van der Waals surface area contributed by atoms with Crippen molar-refractivity contribution in [3.63, 3.8) is 0 Å². The Kier molecular flexibility index (Phi) is 9.16. The first-order chi connectivity index (χ1) is 14.7. The minimum Gasteiger partial charge on any atom is -0.462 e. The van der Waals surface area contributed by atoms with Gasteiger partial charge in [0.25, 0.3) is 11.8 Å². The number of ether oxygens (including phenoxy) is 3. The van der Waals surface area contributed by atoms with Crippen molar-refractivity contribution >= 4 is 56.4 Å². The third-order valence-electron chi connectivity index (χ3n) is 3.75. The van der Waals surface area contributed by atoms with Crippen molar-refractivity contribution in [2.75, 3.05) is 37.1 Å². The number of carbonyl (C=O) groups excluding carboxylic acids is 4. The molecule has 2 N–H and O–H groups in total. The van der Waals surface area contributed by atoms with Crippen LogP contribution in [-0.4, -0.2) is 50.2 Å². The Morgan fingerprint density at radius 2 is 1.16 bits per heavy atom. The lowest BCUT2D eigenvalue weighted by molar-refractivity contribution is -0.125. The number of thiophene rings is 2. The topological polar surface area (TPSA) is 120 Å². The molecule has 2 amide bonds. The van der Waals surface area contributed by atoms with Crippen molar-refractivity contribution in [3.05, 3.63) is 33.0 Å². The van der Waals surface area contributed by atoms with E-state index in [4.69, 9.17) is 14.2 Å². The van der Waals surface area contributed by atoms with Crippen LogP contribution >= 0.6 is 22.7 Å². The van der Waals surface area contributed by atoms with E-state index in [9.17, 15) is 19.2 Å². The molecule has 0 saturated carbocycles. The minimum atomic E-state index is -0.457. The number of amides is 2. The first-order valence-corrected chi connectivity index (χ1v) is 11.1. The Balaban J connectivity index is 1.79. The van der Waals surface area contributed by atoms with Crippen LogP contribution in [0, 0.1) is 13.8 Å². The van der Waals surface area contributed by atoms with Crippen molar-refractivity contribution in [1.82, 2.24) is 0 Å². The molecule has 0 aliphatic carbocycles. The molecule has 0 bridgehead atoms. The maximum Gasteiger partial charge on any atom is 0.348 e. The van der Waals surface area contributed by atoms with E-state index in [1.54, 1.807) is 39.8 Å². The Morgan fingerprint density at radius 1 is 0.774 bits per heavy atom. The van der Waals surface area contributed by atoms with Crippen molar-refractivity contribution < 1.29 is 33.4 Å². The first-order valence-electron chi connectivity index (χ1n) is 9.47. The minimum absolute atomic E-state index is 0.267. The highest BCUT2D eigenvalue weighted by molar-refractivity contribution is 7.18. The molecule has 0 spiro atoms. The second-order valence-corrected chi connectivity index (χ2v) is 8.38. The molecule has 2 rings (SSSR count). The molecule has 0 aliphatic heterocycles. The highest BCUT2D eigenvalue weighted by Crippen LogP contribution is 2.28. The van der Waals surface area contributed by atoms with Crippen LogP contribution in [0.25, 0.3) is 0 Å². The fraction of sp³-hybridized carbons (Fsp3) is 0.400. The Labute approximate surface area is 187 Å². The van der Waals surface area contributed by atoms with E-state index in [0.29, 0.717) is 30.9 Å². The molecule has 168 valence electrons. The van der Waals surface area contributed by atoms with Gasteiger partial charge in [-0.25, -0.2) is 9.59 Å². The van der Waals surface area contributed by atoms with Crippen molar-refractivity contribution in [3.8, 4) is 0 Å². The molecule has 0 saturated heterocycles. The van der Waals surface area contributed by atoms with Gasteiger partial charge in [-0.05, 0) is 51.0 Å². The van der Waals surface area contributed by atoms with Crippen LogP contribution in [0.1, 0.15) is 44.3 Å². The largest absolute Gasteiger partial charge is 0.462 e. The van der Waals surface area contributed by atoms with Gasteiger partial charge in [-0.1, -0.05) is 0 Å². The third-order valence-corrected chi connectivity index (χ3v) is 6.01. The van der Waals surface area contributed by atoms with Gasteiger partial charge >= 0.3 is 11.9 Å². The summed E-state index contributed by atoms with van der Waals surface area (Å²) in [5, 5.41) is 6.22. The van der Waals surface area contributed by atoms with Gasteiger partial charge in [0, 0.05) is 0 Å². The zero-order chi connectivity index (χ0) is 23.0. The van der Waals surface area contributed by atoms with E-state index >= 15 is 0 Å². The van der Waals surface area contributed by atoms with Crippen LogP contribution in [0.4, 0.5) is 10.0 Å². The van der Waals surface area contributed by atoms with Crippen LogP contribution < -0.4 is 10.6 Å². The summed E-state index contributed by atoms with van der Waals surface area (Å²) in [4.78, 5) is 48.6. The van der Waals surface area contributed by atoms with E-state index in [1.807, 2.05) is 0 Å². The predicted octanol–water partition coefficient (Wildman–Crippen LogP) is 3.37.